The lowest BCUT2D eigenvalue weighted by Gasteiger charge is -2.39. The summed E-state index contributed by atoms with van der Waals surface area (Å²) in [6, 6.07) is 9.17. The number of hydrogen-bond donors (Lipinski definition) is 0. The van der Waals surface area contributed by atoms with Crippen molar-refractivity contribution in [2.45, 2.75) is 84.4 Å². The number of likely N-dealkylation sites (tertiary alicyclic amines) is 1. The molecule has 0 bridgehead atoms. The molecule has 2 saturated heterocycles. The van der Waals surface area contributed by atoms with Gasteiger partial charge >= 0.3 is 12.1 Å². The van der Waals surface area contributed by atoms with Gasteiger partial charge in [0.2, 0.25) is 0 Å². The van der Waals surface area contributed by atoms with Gasteiger partial charge in [0, 0.05) is 44.0 Å². The van der Waals surface area contributed by atoms with Crippen LogP contribution >= 0.6 is 0 Å². The number of carbonyl (C=O) groups excluding carboxylic acids is 1. The maximum atomic E-state index is 12.7. The average Bonchev–Trinajstić information content (AvgIpc) is 3.28. The molecule has 9 nitrogen and oxygen atoms in total. The normalized spacial score (nSPS) is 21.8. The molecule has 0 radical (unpaired) electrons. The second kappa shape index (κ2) is 11.7. The fourth-order valence-corrected chi connectivity index (χ4v) is 6.17. The monoisotopic (exact) mass is 564 g/mol. The number of likely N-dealkylation sites (N-methyl/N-ethyl adjacent to an activating group) is 1. The molecule has 1 aromatic heterocycles. The molecule has 41 heavy (non-hydrogen) atoms. The number of nitrogens with zero attached hydrogens (tertiary/aromatic N) is 6. The van der Waals surface area contributed by atoms with Crippen LogP contribution in [0.2, 0.25) is 0 Å². The van der Waals surface area contributed by atoms with Gasteiger partial charge in [0.15, 0.2) is 0 Å². The number of ether oxygens (including phenoxy) is 2. The number of fused-ring (bicyclic) bond motifs is 1. The van der Waals surface area contributed by atoms with E-state index >= 15 is 0 Å². The predicted octanol–water partition coefficient (Wildman–Crippen LogP) is 5.08. The first-order valence-corrected chi connectivity index (χ1v) is 15.2. The van der Waals surface area contributed by atoms with Crippen molar-refractivity contribution in [2.24, 2.45) is 0 Å². The first-order chi connectivity index (χ1) is 19.4. The van der Waals surface area contributed by atoms with Gasteiger partial charge in [-0.3, -0.25) is 4.90 Å². The third-order valence-corrected chi connectivity index (χ3v) is 8.80. The molecule has 0 aliphatic carbocycles. The van der Waals surface area contributed by atoms with Crippen molar-refractivity contribution >= 4 is 17.6 Å². The second-order valence-corrected chi connectivity index (χ2v) is 13.4. The standard InChI is InChI=1S/C32H48N6O3/c1-23(2)24-11-8-9-12-27(24)38-16-13-25-26(21-38)33-29(40-22-32(6)14-10-15-35(32)7)34-28(25)36-17-19-37(20-18-36)30(39)41-31(3,4)5/h8-9,11-12,23H,10,13-22H2,1-7H3/t32-/m0/s1. The van der Waals surface area contributed by atoms with Gasteiger partial charge in [-0.05, 0) is 78.1 Å². The Morgan fingerprint density at radius 2 is 1.76 bits per heavy atom. The summed E-state index contributed by atoms with van der Waals surface area (Å²) >= 11 is 0. The van der Waals surface area contributed by atoms with E-state index in [2.05, 4.69) is 66.8 Å². The van der Waals surface area contributed by atoms with Gasteiger partial charge in [0.25, 0.3) is 0 Å². The molecule has 1 amide bonds. The van der Waals surface area contributed by atoms with Gasteiger partial charge < -0.3 is 24.2 Å². The van der Waals surface area contributed by atoms with E-state index in [0.29, 0.717) is 44.7 Å². The van der Waals surface area contributed by atoms with Crippen LogP contribution in [0.4, 0.5) is 16.3 Å². The van der Waals surface area contributed by atoms with E-state index in [0.717, 1.165) is 44.0 Å². The van der Waals surface area contributed by atoms with Crippen LogP contribution in [0.5, 0.6) is 6.01 Å². The first kappa shape index (κ1) is 29.4. The molecule has 1 atom stereocenters. The minimum Gasteiger partial charge on any atom is -0.461 e. The number of benzene rings is 1. The van der Waals surface area contributed by atoms with Gasteiger partial charge in [-0.2, -0.15) is 9.97 Å². The largest absolute Gasteiger partial charge is 0.461 e. The number of piperazine rings is 1. The number of rotatable bonds is 6. The SMILES string of the molecule is CC(C)c1ccccc1N1CCc2c(nc(OC[C@]3(C)CCCN3C)nc2N2CCN(C(=O)OC(C)(C)C)CC2)C1. The molecule has 9 heteroatoms. The minimum atomic E-state index is -0.504. The lowest BCUT2D eigenvalue weighted by molar-refractivity contribution is 0.0240. The number of hydrogen-bond acceptors (Lipinski definition) is 8. The van der Waals surface area contributed by atoms with Crippen molar-refractivity contribution in [2.75, 3.05) is 62.7 Å². The topological polar surface area (TPSA) is 74.3 Å². The zero-order valence-electron chi connectivity index (χ0n) is 26.1. The Hall–Kier alpha value is -3.07. The number of para-hydroxylation sites is 1. The third-order valence-electron chi connectivity index (χ3n) is 8.80. The molecule has 0 unspecified atom stereocenters. The molecule has 224 valence electrons. The van der Waals surface area contributed by atoms with Crippen LogP contribution in [0.3, 0.4) is 0 Å². The van der Waals surface area contributed by atoms with Gasteiger partial charge in [-0.25, -0.2) is 4.79 Å². The van der Waals surface area contributed by atoms with Crippen molar-refractivity contribution in [3.63, 3.8) is 0 Å². The summed E-state index contributed by atoms with van der Waals surface area (Å²) in [6.07, 6.45) is 2.90. The summed E-state index contributed by atoms with van der Waals surface area (Å²) < 4.78 is 12.0. The Morgan fingerprint density at radius 1 is 1.02 bits per heavy atom. The van der Waals surface area contributed by atoms with E-state index in [-0.39, 0.29) is 11.6 Å². The number of amides is 1. The molecule has 2 fully saturated rings. The molecule has 0 N–H and O–H groups in total. The predicted molar refractivity (Wildman–Crippen MR) is 163 cm³/mol. The highest BCUT2D eigenvalue weighted by atomic mass is 16.6. The first-order valence-electron chi connectivity index (χ1n) is 15.2. The summed E-state index contributed by atoms with van der Waals surface area (Å²) in [5.41, 5.74) is 4.36. The van der Waals surface area contributed by atoms with Crippen molar-refractivity contribution in [3.8, 4) is 6.01 Å². The smallest absolute Gasteiger partial charge is 0.410 e. The van der Waals surface area contributed by atoms with Crippen LogP contribution in [-0.4, -0.2) is 89.9 Å². The highest BCUT2D eigenvalue weighted by Crippen LogP contribution is 2.35. The number of anilines is 2. The lowest BCUT2D eigenvalue weighted by Crippen LogP contribution is -2.50. The molecular weight excluding hydrogens is 516 g/mol. The maximum Gasteiger partial charge on any atom is 0.410 e. The van der Waals surface area contributed by atoms with Crippen LogP contribution in [0.25, 0.3) is 0 Å². The molecule has 4 heterocycles. The molecule has 0 spiro atoms. The zero-order valence-corrected chi connectivity index (χ0v) is 26.1. The van der Waals surface area contributed by atoms with Crippen LogP contribution < -0.4 is 14.5 Å². The van der Waals surface area contributed by atoms with Gasteiger partial charge in [0.05, 0.1) is 17.8 Å². The number of carbonyl (C=O) groups is 1. The average molecular weight is 565 g/mol. The summed E-state index contributed by atoms with van der Waals surface area (Å²) in [4.78, 5) is 31.7. The van der Waals surface area contributed by atoms with E-state index in [1.54, 1.807) is 4.90 Å². The Bertz CT molecular complexity index is 1240. The van der Waals surface area contributed by atoms with Crippen molar-refractivity contribution in [3.05, 3.63) is 41.1 Å². The molecule has 3 aliphatic rings. The van der Waals surface area contributed by atoms with Crippen molar-refractivity contribution < 1.29 is 14.3 Å². The van der Waals surface area contributed by atoms with Crippen LogP contribution in [-0.2, 0) is 17.7 Å². The molecular formula is C32H48N6O3. The molecule has 0 saturated carbocycles. The highest BCUT2D eigenvalue weighted by molar-refractivity contribution is 5.69. The minimum absolute atomic E-state index is 0.0132. The lowest BCUT2D eigenvalue weighted by atomic mass is 9.98. The fraction of sp³-hybridized carbons (Fsp3) is 0.656. The third kappa shape index (κ3) is 6.55. The summed E-state index contributed by atoms with van der Waals surface area (Å²) in [5.74, 6) is 1.40. The van der Waals surface area contributed by atoms with E-state index in [4.69, 9.17) is 19.4 Å². The van der Waals surface area contributed by atoms with Gasteiger partial charge in [-0.1, -0.05) is 32.0 Å². The summed E-state index contributed by atoms with van der Waals surface area (Å²) in [5, 5.41) is 0. The second-order valence-electron chi connectivity index (χ2n) is 13.4. The van der Waals surface area contributed by atoms with E-state index < -0.39 is 5.60 Å². The van der Waals surface area contributed by atoms with Crippen molar-refractivity contribution in [1.29, 1.82) is 0 Å². The molecule has 1 aromatic carbocycles. The van der Waals surface area contributed by atoms with Crippen molar-refractivity contribution in [1.82, 2.24) is 19.8 Å². The van der Waals surface area contributed by atoms with E-state index in [1.165, 1.54) is 23.2 Å². The van der Waals surface area contributed by atoms with E-state index in [1.807, 2.05) is 20.8 Å². The number of aromatic nitrogens is 2. The molecule has 3 aliphatic heterocycles. The fourth-order valence-electron chi connectivity index (χ4n) is 6.17. The Labute approximate surface area is 245 Å². The Balaban J connectivity index is 1.40. The summed E-state index contributed by atoms with van der Waals surface area (Å²) in [7, 11) is 2.17. The summed E-state index contributed by atoms with van der Waals surface area (Å²) in [6.45, 7) is 18.4. The maximum absolute atomic E-state index is 12.7. The highest BCUT2D eigenvalue weighted by Gasteiger charge is 2.36. The Morgan fingerprint density at radius 3 is 2.41 bits per heavy atom. The van der Waals surface area contributed by atoms with Crippen LogP contribution in [0.15, 0.2) is 24.3 Å². The van der Waals surface area contributed by atoms with E-state index in [9.17, 15) is 4.79 Å². The zero-order chi connectivity index (χ0) is 29.4. The quantitative estimate of drug-likeness (QED) is 0.481. The molecule has 2 aromatic rings. The van der Waals surface area contributed by atoms with Crippen LogP contribution in [0.1, 0.15) is 77.1 Å². The molecule has 5 rings (SSSR count). The Kier molecular flexibility index (Phi) is 8.37. The van der Waals surface area contributed by atoms with Crippen LogP contribution in [0, 0.1) is 0 Å². The van der Waals surface area contributed by atoms with Gasteiger partial charge in [0.1, 0.15) is 18.0 Å². The van der Waals surface area contributed by atoms with Gasteiger partial charge in [-0.15, -0.1) is 0 Å².